The molecule has 0 radical (unpaired) electrons. The third-order valence-electron chi connectivity index (χ3n) is 4.73. The molecule has 0 spiro atoms. The first-order valence-electron chi connectivity index (χ1n) is 10.5. The van der Waals surface area contributed by atoms with Crippen LogP contribution < -0.4 is 9.47 Å². The van der Waals surface area contributed by atoms with E-state index in [1.54, 1.807) is 45.0 Å². The van der Waals surface area contributed by atoms with Crippen molar-refractivity contribution >= 4 is 22.1 Å². The maximum absolute atomic E-state index is 12.5. The molecule has 9 nitrogen and oxygen atoms in total. The molecule has 33 heavy (non-hydrogen) atoms. The predicted molar refractivity (Wildman–Crippen MR) is 116 cm³/mol. The van der Waals surface area contributed by atoms with Gasteiger partial charge in [0.2, 0.25) is 0 Å². The summed E-state index contributed by atoms with van der Waals surface area (Å²) in [5, 5.41) is 0. The Bertz CT molecular complexity index is 1110. The van der Waals surface area contributed by atoms with Crippen LogP contribution in [0.3, 0.4) is 0 Å². The number of ether oxygens (including phenoxy) is 4. The van der Waals surface area contributed by atoms with Gasteiger partial charge in [-0.3, -0.25) is 4.18 Å². The van der Waals surface area contributed by atoms with Crippen molar-refractivity contribution in [1.82, 2.24) is 0 Å². The van der Waals surface area contributed by atoms with Gasteiger partial charge in [-0.05, 0) is 63.9 Å². The number of aryl methyl sites for hydroxylation is 1. The molecule has 0 aromatic heterocycles. The van der Waals surface area contributed by atoms with E-state index in [4.69, 9.17) is 23.1 Å². The van der Waals surface area contributed by atoms with Crippen LogP contribution in [0.2, 0.25) is 0 Å². The van der Waals surface area contributed by atoms with Crippen LogP contribution in [-0.2, 0) is 39.8 Å². The largest absolute Gasteiger partial charge is 0.460 e. The summed E-state index contributed by atoms with van der Waals surface area (Å²) >= 11 is 0. The normalized spacial score (nSPS) is 15.0. The van der Waals surface area contributed by atoms with E-state index in [1.165, 1.54) is 18.2 Å². The van der Waals surface area contributed by atoms with Crippen LogP contribution in [0, 0.1) is 6.92 Å². The average Bonchev–Trinajstić information content (AvgIpc) is 3.14. The van der Waals surface area contributed by atoms with E-state index in [2.05, 4.69) is 0 Å². The van der Waals surface area contributed by atoms with Gasteiger partial charge in [0.15, 0.2) is 11.5 Å². The molecule has 2 aromatic carbocycles. The van der Waals surface area contributed by atoms with Crippen molar-refractivity contribution in [3.8, 4) is 11.5 Å². The fraction of sp³-hybridized carbons (Fsp3) is 0.391. The Kier molecular flexibility index (Phi) is 7.28. The SMILES string of the molecule is CCOC(=O)C1(C(=O)OCC)Oc2ccc(C[C@@H](C)OS(=O)(=O)c3ccc(C)cc3)cc2O1. The van der Waals surface area contributed by atoms with Crippen molar-refractivity contribution in [3.05, 3.63) is 53.6 Å². The summed E-state index contributed by atoms with van der Waals surface area (Å²) in [7, 11) is -3.94. The molecule has 1 aliphatic heterocycles. The van der Waals surface area contributed by atoms with Gasteiger partial charge < -0.3 is 18.9 Å². The van der Waals surface area contributed by atoms with Crippen LogP contribution in [0.5, 0.6) is 11.5 Å². The molecule has 1 atom stereocenters. The first-order chi connectivity index (χ1) is 15.6. The summed E-state index contributed by atoms with van der Waals surface area (Å²) in [4.78, 5) is 25.0. The molecule has 1 heterocycles. The number of hydrogen-bond donors (Lipinski definition) is 0. The fourth-order valence-corrected chi connectivity index (χ4v) is 4.30. The third kappa shape index (κ3) is 5.28. The minimum atomic E-state index is -3.94. The number of hydrogen-bond acceptors (Lipinski definition) is 9. The molecule has 0 saturated carbocycles. The van der Waals surface area contributed by atoms with Crippen molar-refractivity contribution in [1.29, 1.82) is 0 Å². The van der Waals surface area contributed by atoms with Crippen LogP contribution in [0.1, 0.15) is 31.9 Å². The first kappa shape index (κ1) is 24.5. The highest BCUT2D eigenvalue weighted by molar-refractivity contribution is 7.86. The van der Waals surface area contributed by atoms with Crippen molar-refractivity contribution in [2.75, 3.05) is 13.2 Å². The van der Waals surface area contributed by atoms with Crippen LogP contribution in [0.15, 0.2) is 47.4 Å². The molecule has 178 valence electrons. The van der Waals surface area contributed by atoms with Crippen LogP contribution >= 0.6 is 0 Å². The Morgan fingerprint density at radius 3 is 2.09 bits per heavy atom. The lowest BCUT2D eigenvalue weighted by Crippen LogP contribution is -2.55. The van der Waals surface area contributed by atoms with E-state index in [0.717, 1.165) is 5.56 Å². The highest BCUT2D eigenvalue weighted by atomic mass is 32.2. The van der Waals surface area contributed by atoms with Gasteiger partial charge in [-0.1, -0.05) is 23.8 Å². The van der Waals surface area contributed by atoms with E-state index in [-0.39, 0.29) is 36.0 Å². The quantitative estimate of drug-likeness (QED) is 0.305. The predicted octanol–water partition coefficient (Wildman–Crippen LogP) is 2.93. The Morgan fingerprint density at radius 1 is 0.939 bits per heavy atom. The lowest BCUT2D eigenvalue weighted by atomic mass is 10.1. The van der Waals surface area contributed by atoms with E-state index >= 15 is 0 Å². The van der Waals surface area contributed by atoms with Gasteiger partial charge >= 0.3 is 17.7 Å². The molecule has 0 saturated heterocycles. The summed E-state index contributed by atoms with van der Waals surface area (Å²) < 4.78 is 51.4. The van der Waals surface area contributed by atoms with Crippen molar-refractivity contribution in [2.24, 2.45) is 0 Å². The second-order valence-electron chi connectivity index (χ2n) is 7.42. The zero-order chi connectivity index (χ0) is 24.2. The minimum absolute atomic E-state index is 0.0125. The third-order valence-corrected chi connectivity index (χ3v) is 6.16. The van der Waals surface area contributed by atoms with Gasteiger partial charge in [0, 0.05) is 0 Å². The van der Waals surface area contributed by atoms with Gasteiger partial charge in [0.05, 0.1) is 24.2 Å². The second kappa shape index (κ2) is 9.80. The summed E-state index contributed by atoms with van der Waals surface area (Å²) in [6, 6.07) is 11.1. The second-order valence-corrected chi connectivity index (χ2v) is 8.99. The molecule has 2 aromatic rings. The monoisotopic (exact) mass is 478 g/mol. The Hall–Kier alpha value is -3.11. The Balaban J connectivity index is 1.76. The van der Waals surface area contributed by atoms with Gasteiger partial charge in [-0.2, -0.15) is 8.42 Å². The number of carbonyl (C=O) groups is 2. The molecule has 3 rings (SSSR count). The molecule has 1 aliphatic rings. The standard InChI is InChI=1S/C23H26O9S/c1-5-28-21(24)23(22(25)29-6-2)30-19-12-9-17(14-20(19)31-23)13-16(4)32-33(26,27)18-10-7-15(3)8-11-18/h7-12,14,16H,5-6,13H2,1-4H3/t16-/m1/s1. The van der Waals surface area contributed by atoms with E-state index in [1.807, 2.05) is 6.92 Å². The number of esters is 2. The van der Waals surface area contributed by atoms with Crippen molar-refractivity contribution < 1.29 is 41.1 Å². The smallest absolute Gasteiger partial charge is 0.453 e. The highest BCUT2D eigenvalue weighted by Crippen LogP contribution is 2.41. The van der Waals surface area contributed by atoms with Crippen molar-refractivity contribution in [3.63, 3.8) is 0 Å². The maximum Gasteiger partial charge on any atom is 0.453 e. The topological polar surface area (TPSA) is 114 Å². The molecule has 0 bridgehead atoms. The fourth-order valence-electron chi connectivity index (χ4n) is 3.22. The summed E-state index contributed by atoms with van der Waals surface area (Å²) in [5.41, 5.74) is 1.58. The van der Waals surface area contributed by atoms with E-state index < -0.39 is 33.9 Å². The van der Waals surface area contributed by atoms with Gasteiger partial charge in [0.25, 0.3) is 10.1 Å². The van der Waals surface area contributed by atoms with Gasteiger partial charge in [-0.25, -0.2) is 9.59 Å². The number of rotatable bonds is 9. The lowest BCUT2D eigenvalue weighted by molar-refractivity contribution is -0.202. The van der Waals surface area contributed by atoms with Crippen LogP contribution in [0.25, 0.3) is 0 Å². The number of carbonyl (C=O) groups excluding carboxylic acids is 2. The summed E-state index contributed by atoms with van der Waals surface area (Å²) in [5.74, 6) is -4.16. The zero-order valence-electron chi connectivity index (χ0n) is 18.8. The first-order valence-corrected chi connectivity index (χ1v) is 11.9. The average molecular weight is 479 g/mol. The lowest BCUT2D eigenvalue weighted by Gasteiger charge is -2.22. The number of fused-ring (bicyclic) bond motifs is 1. The molecule has 0 aliphatic carbocycles. The van der Waals surface area contributed by atoms with E-state index in [0.29, 0.717) is 5.56 Å². The number of benzene rings is 2. The molecular formula is C23H26O9S. The van der Waals surface area contributed by atoms with Crippen LogP contribution in [-0.4, -0.2) is 45.5 Å². The van der Waals surface area contributed by atoms with E-state index in [9.17, 15) is 18.0 Å². The Labute approximate surface area is 192 Å². The molecule has 0 unspecified atom stereocenters. The molecule has 0 fully saturated rings. The van der Waals surface area contributed by atoms with Crippen molar-refractivity contribution in [2.45, 2.75) is 50.9 Å². The molecule has 0 amide bonds. The summed E-state index contributed by atoms with van der Waals surface area (Å²) in [6.45, 7) is 6.68. The zero-order valence-corrected chi connectivity index (χ0v) is 19.6. The molecular weight excluding hydrogens is 452 g/mol. The maximum atomic E-state index is 12.5. The van der Waals surface area contributed by atoms with Gasteiger partial charge in [0.1, 0.15) is 0 Å². The van der Waals surface area contributed by atoms with Crippen LogP contribution in [0.4, 0.5) is 0 Å². The molecule has 0 N–H and O–H groups in total. The van der Waals surface area contributed by atoms with Gasteiger partial charge in [-0.15, -0.1) is 0 Å². The highest BCUT2D eigenvalue weighted by Gasteiger charge is 2.59. The summed E-state index contributed by atoms with van der Waals surface area (Å²) in [6.07, 6.45) is -0.482. The Morgan fingerprint density at radius 2 is 1.52 bits per heavy atom. The molecule has 10 heteroatoms. The minimum Gasteiger partial charge on any atom is -0.460 e.